The first-order chi connectivity index (χ1) is 16.4. The summed E-state index contributed by atoms with van der Waals surface area (Å²) in [5, 5.41) is 18.4. The van der Waals surface area contributed by atoms with Gasteiger partial charge in [-0.15, -0.1) is 0 Å². The Labute approximate surface area is 199 Å². The van der Waals surface area contributed by atoms with Crippen LogP contribution in [0, 0.1) is 5.92 Å². The topological polar surface area (TPSA) is 164 Å². The molecular weight excluding hydrogens is 499 g/mol. The van der Waals surface area contributed by atoms with Crippen molar-refractivity contribution in [3.05, 3.63) is 11.7 Å². The fourth-order valence-electron chi connectivity index (χ4n) is 3.49. The number of aliphatic hydroxyl groups is 1. The minimum absolute atomic E-state index is 0.0185. The molecule has 0 radical (unpaired) electrons. The lowest BCUT2D eigenvalue weighted by Gasteiger charge is -2.30. The molecule has 198 valence electrons. The summed E-state index contributed by atoms with van der Waals surface area (Å²) in [6, 6.07) is -3.34. The monoisotopic (exact) mass is 527 g/mol. The molecule has 3 rings (SSSR count). The van der Waals surface area contributed by atoms with Gasteiger partial charge >= 0.3 is 18.1 Å². The molecule has 12 nitrogen and oxygen atoms in total. The fraction of sp³-hybridized carbons (Fsp3) is 0.789. The van der Waals surface area contributed by atoms with E-state index >= 15 is 0 Å². The zero-order valence-electron chi connectivity index (χ0n) is 19.0. The van der Waals surface area contributed by atoms with Crippen LogP contribution >= 0.6 is 0 Å². The maximum atomic E-state index is 13.0. The first kappa shape index (κ1) is 27.1. The van der Waals surface area contributed by atoms with E-state index in [4.69, 9.17) is 4.74 Å². The number of urea groups is 1. The van der Waals surface area contributed by atoms with Gasteiger partial charge in [-0.05, 0) is 25.2 Å². The molecule has 1 unspecified atom stereocenters. The standard InChI is InChI=1S/C19H28F3N5O7S/c1-2-12(14(28)15-25-17(34-26-15)19(20,21)22)23-16(29)13(10-35(31,32)9-11-3-4-11)24-18(30)27-5-7-33-8-6-27/h11-14,28H,2-10H2,1H3,(H,23,29)(H,24,30)/t12-,13-,14?/m0/s1. The van der Waals surface area contributed by atoms with Gasteiger partial charge in [0.2, 0.25) is 11.7 Å². The number of nitrogens with zero attached hydrogens (tertiary/aromatic N) is 3. The Hall–Kier alpha value is -2.46. The Balaban J connectivity index is 1.72. The molecule has 35 heavy (non-hydrogen) atoms. The van der Waals surface area contributed by atoms with Crippen LogP contribution in [0.2, 0.25) is 0 Å². The van der Waals surface area contributed by atoms with Gasteiger partial charge in [0.05, 0.1) is 30.8 Å². The Morgan fingerprint density at radius 1 is 1.23 bits per heavy atom. The van der Waals surface area contributed by atoms with Gasteiger partial charge in [0.25, 0.3) is 0 Å². The van der Waals surface area contributed by atoms with E-state index in [1.54, 1.807) is 0 Å². The number of sulfone groups is 1. The molecule has 1 aromatic heterocycles. The second-order valence-electron chi connectivity index (χ2n) is 8.55. The number of amides is 3. The Morgan fingerprint density at radius 2 is 1.89 bits per heavy atom. The van der Waals surface area contributed by atoms with Gasteiger partial charge in [0, 0.05) is 13.1 Å². The van der Waals surface area contributed by atoms with Crippen LogP contribution in [0.4, 0.5) is 18.0 Å². The van der Waals surface area contributed by atoms with E-state index in [1.807, 2.05) is 0 Å². The van der Waals surface area contributed by atoms with Gasteiger partial charge in [-0.3, -0.25) is 4.79 Å². The minimum atomic E-state index is -4.92. The van der Waals surface area contributed by atoms with E-state index in [0.717, 1.165) is 12.8 Å². The number of aliphatic hydroxyl groups excluding tert-OH is 1. The van der Waals surface area contributed by atoms with E-state index in [1.165, 1.54) is 11.8 Å². The van der Waals surface area contributed by atoms with Gasteiger partial charge in [0.15, 0.2) is 9.84 Å². The number of morpholine rings is 1. The molecule has 0 spiro atoms. The fourth-order valence-corrected chi connectivity index (χ4v) is 5.42. The van der Waals surface area contributed by atoms with Gasteiger partial charge in [-0.1, -0.05) is 12.1 Å². The highest BCUT2D eigenvalue weighted by atomic mass is 32.2. The number of nitrogens with one attached hydrogen (secondary N) is 2. The van der Waals surface area contributed by atoms with Crippen molar-refractivity contribution >= 4 is 21.8 Å². The second-order valence-corrected chi connectivity index (χ2v) is 10.7. The number of ether oxygens (including phenoxy) is 1. The number of rotatable bonds is 10. The summed E-state index contributed by atoms with van der Waals surface area (Å²) in [6.45, 7) is 2.62. The molecule has 0 aromatic carbocycles. The number of hydrogen-bond acceptors (Lipinski definition) is 9. The predicted molar refractivity (Wildman–Crippen MR) is 113 cm³/mol. The Kier molecular flexibility index (Phi) is 8.58. The highest BCUT2D eigenvalue weighted by Crippen LogP contribution is 2.31. The predicted octanol–water partition coefficient (Wildman–Crippen LogP) is 0.252. The van der Waals surface area contributed by atoms with E-state index in [2.05, 4.69) is 25.3 Å². The van der Waals surface area contributed by atoms with Crippen molar-refractivity contribution in [2.75, 3.05) is 37.8 Å². The summed E-state index contributed by atoms with van der Waals surface area (Å²) in [4.78, 5) is 30.2. The molecule has 3 amide bonds. The van der Waals surface area contributed by atoms with Crippen LogP contribution in [0.5, 0.6) is 0 Å². The van der Waals surface area contributed by atoms with E-state index in [0.29, 0.717) is 13.2 Å². The third-order valence-electron chi connectivity index (χ3n) is 5.62. The van der Waals surface area contributed by atoms with Crippen LogP contribution in [0.15, 0.2) is 4.52 Å². The lowest BCUT2D eigenvalue weighted by atomic mass is 10.1. The highest BCUT2D eigenvalue weighted by Gasteiger charge is 2.40. The molecule has 3 atom stereocenters. The molecule has 16 heteroatoms. The number of halogens is 3. The van der Waals surface area contributed by atoms with Crippen molar-refractivity contribution in [1.82, 2.24) is 25.7 Å². The third-order valence-corrected chi connectivity index (χ3v) is 7.44. The maximum absolute atomic E-state index is 13.0. The van der Waals surface area contributed by atoms with E-state index in [9.17, 15) is 36.3 Å². The number of alkyl halides is 3. The quantitative estimate of drug-likeness (QED) is 0.387. The largest absolute Gasteiger partial charge is 0.471 e. The zero-order chi connectivity index (χ0) is 25.8. The van der Waals surface area contributed by atoms with Crippen molar-refractivity contribution in [2.24, 2.45) is 5.92 Å². The van der Waals surface area contributed by atoms with Crippen LogP contribution in [0.25, 0.3) is 0 Å². The SMILES string of the molecule is CC[C@H](NC(=O)[C@H](CS(=O)(=O)CC1CC1)NC(=O)N1CCOCC1)C(O)c1noc(C(F)(F)F)n1. The molecule has 2 aliphatic rings. The van der Waals surface area contributed by atoms with Crippen molar-refractivity contribution in [3.8, 4) is 0 Å². The van der Waals surface area contributed by atoms with Crippen LogP contribution in [0.3, 0.4) is 0 Å². The van der Waals surface area contributed by atoms with Gasteiger partial charge in [0.1, 0.15) is 12.1 Å². The van der Waals surface area contributed by atoms with Crippen LogP contribution in [-0.4, -0.2) is 90.4 Å². The number of carbonyl (C=O) groups excluding carboxylic acids is 2. The number of aromatic nitrogens is 2. The molecule has 3 N–H and O–H groups in total. The average Bonchev–Trinajstić information content (AvgIpc) is 3.44. The van der Waals surface area contributed by atoms with E-state index in [-0.39, 0.29) is 31.2 Å². The molecule has 0 bridgehead atoms. The Morgan fingerprint density at radius 3 is 2.43 bits per heavy atom. The maximum Gasteiger partial charge on any atom is 0.471 e. The van der Waals surface area contributed by atoms with Crippen molar-refractivity contribution in [2.45, 2.75) is 50.6 Å². The van der Waals surface area contributed by atoms with Crippen LogP contribution < -0.4 is 10.6 Å². The smallest absolute Gasteiger partial charge is 0.383 e. The second kappa shape index (κ2) is 11.1. The summed E-state index contributed by atoms with van der Waals surface area (Å²) < 4.78 is 72.7. The summed E-state index contributed by atoms with van der Waals surface area (Å²) in [5.41, 5.74) is 0. The summed E-state index contributed by atoms with van der Waals surface area (Å²) >= 11 is 0. The van der Waals surface area contributed by atoms with E-state index < -0.39 is 63.6 Å². The summed E-state index contributed by atoms with van der Waals surface area (Å²) in [6.07, 6.45) is -5.12. The van der Waals surface area contributed by atoms with Gasteiger partial charge in [-0.2, -0.15) is 18.2 Å². The normalized spacial score (nSPS) is 19.6. The van der Waals surface area contributed by atoms with Crippen molar-refractivity contribution in [1.29, 1.82) is 0 Å². The van der Waals surface area contributed by atoms with Gasteiger partial charge in [-0.25, -0.2) is 13.2 Å². The molecule has 2 fully saturated rings. The molecule has 1 saturated heterocycles. The third kappa shape index (κ3) is 7.76. The lowest BCUT2D eigenvalue weighted by Crippen LogP contribution is -2.57. The molecule has 1 aromatic rings. The molecule has 1 aliphatic carbocycles. The van der Waals surface area contributed by atoms with Crippen LogP contribution in [0.1, 0.15) is 44.0 Å². The molecule has 1 saturated carbocycles. The minimum Gasteiger partial charge on any atom is -0.383 e. The Bertz CT molecular complexity index is 993. The molecule has 2 heterocycles. The highest BCUT2D eigenvalue weighted by molar-refractivity contribution is 7.91. The first-order valence-electron chi connectivity index (χ1n) is 11.1. The van der Waals surface area contributed by atoms with Gasteiger partial charge < -0.3 is 29.9 Å². The average molecular weight is 528 g/mol. The lowest BCUT2D eigenvalue weighted by molar-refractivity contribution is -0.159. The van der Waals surface area contributed by atoms with Crippen LogP contribution in [-0.2, 0) is 25.5 Å². The van der Waals surface area contributed by atoms with Crippen molar-refractivity contribution < 1.29 is 45.5 Å². The molecular formula is C19H28F3N5O7S. The number of hydrogen-bond donors (Lipinski definition) is 3. The molecule has 1 aliphatic heterocycles. The first-order valence-corrected chi connectivity index (χ1v) is 12.9. The zero-order valence-corrected chi connectivity index (χ0v) is 19.8. The summed E-state index contributed by atoms with van der Waals surface area (Å²) in [7, 11) is -3.71. The summed E-state index contributed by atoms with van der Waals surface area (Å²) in [5.74, 6) is -4.04. The number of carbonyl (C=O) groups is 2. The van der Waals surface area contributed by atoms with Crippen molar-refractivity contribution in [3.63, 3.8) is 0 Å².